The highest BCUT2D eigenvalue weighted by atomic mass is 16.3. The van der Waals surface area contributed by atoms with Gasteiger partial charge in [0.2, 0.25) is 53.2 Å². The van der Waals surface area contributed by atoms with Gasteiger partial charge in [0, 0.05) is 6.42 Å². The van der Waals surface area contributed by atoms with Crippen molar-refractivity contribution in [3.63, 3.8) is 0 Å². The van der Waals surface area contributed by atoms with Gasteiger partial charge in [-0.2, -0.15) is 0 Å². The van der Waals surface area contributed by atoms with Crippen molar-refractivity contribution in [2.45, 2.75) is 142 Å². The van der Waals surface area contributed by atoms with Crippen LogP contribution in [0.1, 0.15) is 99.0 Å². The lowest BCUT2D eigenvalue weighted by Gasteiger charge is -2.28. The molecule has 0 aliphatic rings. The summed E-state index contributed by atoms with van der Waals surface area (Å²) in [5, 5.41) is 27.6. The second-order valence-electron chi connectivity index (χ2n) is 16.7. The molecule has 0 aromatic heterocycles. The minimum Gasteiger partial charge on any atom is -0.508 e. The van der Waals surface area contributed by atoms with E-state index in [0.29, 0.717) is 31.4 Å². The van der Waals surface area contributed by atoms with Crippen molar-refractivity contribution in [3.8, 4) is 5.75 Å². The van der Waals surface area contributed by atoms with Crippen LogP contribution in [-0.2, 0) is 49.6 Å². The summed E-state index contributed by atoms with van der Waals surface area (Å²) in [6, 6.07) is -2.54. The molecule has 16 N–H and O–H groups in total. The monoisotopic (exact) mass is 890 g/mol. The maximum absolute atomic E-state index is 14.1. The molecule has 0 saturated heterocycles. The zero-order valence-corrected chi connectivity index (χ0v) is 37.6. The van der Waals surface area contributed by atoms with E-state index < -0.39 is 108 Å². The number of hydrogen-bond acceptors (Lipinski definition) is 12. The molecule has 21 nitrogen and oxygen atoms in total. The average Bonchev–Trinajstić information content (AvgIpc) is 3.20. The summed E-state index contributed by atoms with van der Waals surface area (Å²) >= 11 is 0. The third-order valence-corrected chi connectivity index (χ3v) is 10.1. The summed E-state index contributed by atoms with van der Waals surface area (Å²) in [5.74, 6) is -7.67. The molecule has 0 radical (unpaired) electrons. The van der Waals surface area contributed by atoms with Crippen molar-refractivity contribution in [1.29, 1.82) is 0 Å². The lowest BCUT2D eigenvalue weighted by Crippen LogP contribution is -2.60. The Labute approximate surface area is 369 Å². The van der Waals surface area contributed by atoms with Crippen LogP contribution in [0.5, 0.6) is 5.75 Å². The number of phenolic OH excluding ortho intramolecular Hbond substituents is 1. The van der Waals surface area contributed by atoms with Crippen LogP contribution in [0, 0.1) is 17.8 Å². The maximum Gasteiger partial charge on any atom is 0.243 e. The van der Waals surface area contributed by atoms with Gasteiger partial charge in [0.05, 0.1) is 19.0 Å². The Balaban J connectivity index is 3.34. The first-order chi connectivity index (χ1) is 29.5. The summed E-state index contributed by atoms with van der Waals surface area (Å²) in [7, 11) is 0. The second kappa shape index (κ2) is 28.0. The van der Waals surface area contributed by atoms with Crippen molar-refractivity contribution >= 4 is 53.2 Å². The van der Waals surface area contributed by atoms with Crippen LogP contribution >= 0.6 is 0 Å². The smallest absolute Gasteiger partial charge is 0.243 e. The van der Waals surface area contributed by atoms with Gasteiger partial charge in [-0.25, -0.2) is 0 Å². The van der Waals surface area contributed by atoms with Gasteiger partial charge in [0.1, 0.15) is 42.0 Å². The van der Waals surface area contributed by atoms with E-state index in [1.807, 2.05) is 27.7 Å². The van der Waals surface area contributed by atoms with E-state index in [2.05, 4.69) is 37.2 Å². The Morgan fingerprint density at radius 3 is 1.62 bits per heavy atom. The Hall–Kier alpha value is -5.83. The average molecular weight is 890 g/mol. The molecular formula is C42H71N11O10. The van der Waals surface area contributed by atoms with Crippen molar-refractivity contribution in [2.75, 3.05) is 13.1 Å². The molecule has 1 rings (SSSR count). The number of primary amides is 2. The van der Waals surface area contributed by atoms with Crippen LogP contribution in [0.3, 0.4) is 0 Å². The van der Waals surface area contributed by atoms with Crippen LogP contribution in [0.4, 0.5) is 0 Å². The van der Waals surface area contributed by atoms with Crippen LogP contribution in [0.15, 0.2) is 24.3 Å². The number of aromatic hydroxyl groups is 1. The van der Waals surface area contributed by atoms with Gasteiger partial charge in [-0.1, -0.05) is 60.1 Å². The van der Waals surface area contributed by atoms with E-state index in [1.165, 1.54) is 31.2 Å². The molecular weight excluding hydrogens is 819 g/mol. The summed E-state index contributed by atoms with van der Waals surface area (Å²) in [5.41, 5.74) is 22.8. The van der Waals surface area contributed by atoms with Gasteiger partial charge in [0.15, 0.2) is 0 Å². The predicted molar refractivity (Wildman–Crippen MR) is 234 cm³/mol. The first-order valence-electron chi connectivity index (χ1n) is 21.4. The standard InChI is InChI=1S/C42H71N11O10/c1-8-24(6)35(45)42(63)48-25(7)37(58)50-29(17-22(2)3)39(60)52-31(19-26-12-14-27(54)15-13-26)41(62)51-30(18-23(4)5)40(61)53-32(20-33(44)55)38(59)47-21-34(56)49-28(36(46)57)11-9-10-16-43/h12-15,22-25,28-32,35,54H,8-11,16-21,43,45H2,1-7H3,(H2,44,55)(H2,46,57)(H,47,59)(H,48,63)(H,49,56)(H,50,58)(H,51,62)(H,52,60)(H,53,61)/t24-,25-,28-,29-,30-,31-,32-,35-/m0/s1. The van der Waals surface area contributed by atoms with Crippen molar-refractivity contribution in [2.24, 2.45) is 40.7 Å². The summed E-state index contributed by atoms with van der Waals surface area (Å²) in [4.78, 5) is 118. The number of hydrogen-bond donors (Lipinski definition) is 12. The predicted octanol–water partition coefficient (Wildman–Crippen LogP) is -2.07. The molecule has 9 amide bonds. The van der Waals surface area contributed by atoms with Gasteiger partial charge in [-0.05, 0) is 81.0 Å². The van der Waals surface area contributed by atoms with E-state index in [-0.39, 0.29) is 49.2 Å². The molecule has 0 spiro atoms. The fourth-order valence-corrected chi connectivity index (χ4v) is 6.21. The molecule has 1 aromatic carbocycles. The fraction of sp³-hybridized carbons (Fsp3) is 0.643. The zero-order chi connectivity index (χ0) is 48.0. The molecule has 0 bridgehead atoms. The number of rotatable bonds is 29. The number of phenols is 1. The lowest BCUT2D eigenvalue weighted by atomic mass is 9.98. The van der Waals surface area contributed by atoms with E-state index in [9.17, 15) is 48.3 Å². The number of unbranched alkanes of at least 4 members (excludes halogenated alkanes) is 1. The van der Waals surface area contributed by atoms with Crippen molar-refractivity contribution in [1.82, 2.24) is 37.2 Å². The molecule has 0 aliphatic heterocycles. The number of amides is 9. The highest BCUT2D eigenvalue weighted by molar-refractivity contribution is 5.98. The number of benzene rings is 1. The van der Waals surface area contributed by atoms with Crippen LogP contribution in [0.2, 0.25) is 0 Å². The minimum absolute atomic E-state index is 0.0275. The SMILES string of the molecule is CC[C@H](C)[C@H](N)C(=O)N[C@@H](C)C(=O)N[C@@H](CC(C)C)C(=O)N[C@@H](Cc1ccc(O)cc1)C(=O)N[C@@H](CC(C)C)C(=O)N[C@@H](CC(N)=O)C(=O)NCC(=O)N[C@@H](CCCCN)C(N)=O. The van der Waals surface area contributed by atoms with Crippen molar-refractivity contribution < 1.29 is 48.3 Å². The number of carbonyl (C=O) groups is 9. The fourth-order valence-electron chi connectivity index (χ4n) is 6.21. The first-order valence-corrected chi connectivity index (χ1v) is 21.4. The normalized spacial score (nSPS) is 15.0. The molecule has 0 saturated carbocycles. The Morgan fingerprint density at radius 2 is 1.13 bits per heavy atom. The molecule has 0 unspecified atom stereocenters. The largest absolute Gasteiger partial charge is 0.508 e. The molecule has 0 heterocycles. The van der Waals surface area contributed by atoms with Gasteiger partial charge in [-0.15, -0.1) is 0 Å². The van der Waals surface area contributed by atoms with Crippen LogP contribution < -0.4 is 60.2 Å². The summed E-state index contributed by atoms with van der Waals surface area (Å²) < 4.78 is 0. The highest BCUT2D eigenvalue weighted by Crippen LogP contribution is 2.14. The van der Waals surface area contributed by atoms with E-state index in [4.69, 9.17) is 22.9 Å². The van der Waals surface area contributed by atoms with E-state index in [1.54, 1.807) is 13.8 Å². The second-order valence-corrected chi connectivity index (χ2v) is 16.7. The Kier molecular flexibility index (Phi) is 24.5. The number of nitrogens with two attached hydrogens (primary N) is 4. The maximum atomic E-state index is 14.1. The molecule has 0 aliphatic carbocycles. The first kappa shape index (κ1) is 55.2. The third-order valence-electron chi connectivity index (χ3n) is 10.1. The van der Waals surface area contributed by atoms with Crippen molar-refractivity contribution in [3.05, 3.63) is 29.8 Å². The third kappa shape index (κ3) is 21.2. The van der Waals surface area contributed by atoms with Gasteiger partial charge < -0.3 is 65.3 Å². The number of carbonyl (C=O) groups excluding carboxylic acids is 9. The van der Waals surface area contributed by atoms with E-state index in [0.717, 1.165) is 0 Å². The molecule has 8 atom stereocenters. The topological polar surface area (TPSA) is 362 Å². The highest BCUT2D eigenvalue weighted by Gasteiger charge is 2.34. The van der Waals surface area contributed by atoms with Gasteiger partial charge in [0.25, 0.3) is 0 Å². The Morgan fingerprint density at radius 1 is 0.619 bits per heavy atom. The number of nitrogens with one attached hydrogen (secondary N) is 7. The molecule has 21 heteroatoms. The summed E-state index contributed by atoms with van der Waals surface area (Å²) in [6.07, 6.45) is 1.32. The molecule has 354 valence electrons. The zero-order valence-electron chi connectivity index (χ0n) is 37.6. The van der Waals surface area contributed by atoms with Crippen LogP contribution in [-0.4, -0.2) is 114 Å². The van der Waals surface area contributed by atoms with Gasteiger partial charge in [-0.3, -0.25) is 43.2 Å². The van der Waals surface area contributed by atoms with E-state index >= 15 is 0 Å². The van der Waals surface area contributed by atoms with Gasteiger partial charge >= 0.3 is 0 Å². The Bertz CT molecular complexity index is 1710. The molecule has 1 aromatic rings. The molecule has 0 fully saturated rings. The van der Waals surface area contributed by atoms with Crippen LogP contribution in [0.25, 0.3) is 0 Å². The quantitative estimate of drug-likeness (QED) is 0.0387. The molecule has 63 heavy (non-hydrogen) atoms. The minimum atomic E-state index is -1.59. The summed E-state index contributed by atoms with van der Waals surface area (Å²) in [6.45, 7) is 12.1. The lowest BCUT2D eigenvalue weighted by molar-refractivity contribution is -0.136.